The number of fused-ring (bicyclic) bond motifs is 1. The van der Waals surface area contributed by atoms with Crippen LogP contribution < -0.4 is 5.32 Å². The quantitative estimate of drug-likeness (QED) is 0.708. The normalized spacial score (nSPS) is 10.1. The number of rotatable bonds is 3. The molecular weight excluding hydrogens is 305 g/mol. The van der Waals surface area contributed by atoms with Crippen LogP contribution >= 0.6 is 0 Å². The first-order valence-corrected chi connectivity index (χ1v) is 6.85. The van der Waals surface area contributed by atoms with Gasteiger partial charge in [0.2, 0.25) is 6.41 Å². The Morgan fingerprint density at radius 3 is 2.52 bits per heavy atom. The number of amides is 1. The second-order valence-corrected chi connectivity index (χ2v) is 4.93. The van der Waals surface area contributed by atoms with Crippen LogP contribution in [0.25, 0.3) is 10.9 Å². The summed E-state index contributed by atoms with van der Waals surface area (Å²) in [4.78, 5) is 13.0. The van der Waals surface area contributed by atoms with Crippen molar-refractivity contribution in [1.82, 2.24) is 10.3 Å². The minimum Gasteiger partial charge on any atom is -0.359 e. The van der Waals surface area contributed by atoms with E-state index in [-0.39, 0.29) is 12.4 Å². The molecule has 0 aliphatic heterocycles. The van der Waals surface area contributed by atoms with E-state index in [0.717, 1.165) is 28.7 Å². The van der Waals surface area contributed by atoms with Gasteiger partial charge in [-0.25, -0.2) is 13.2 Å². The molecule has 1 heterocycles. The number of aromatic amines is 1. The maximum Gasteiger partial charge on any atom is 0.207 e. The minimum atomic E-state index is -0.903. The fourth-order valence-electron chi connectivity index (χ4n) is 2.06. The second-order valence-electron chi connectivity index (χ2n) is 4.93. The number of hydrogen-bond donors (Lipinski definition) is 2. The van der Waals surface area contributed by atoms with Gasteiger partial charge in [-0.3, -0.25) is 4.79 Å². The van der Waals surface area contributed by atoms with Crippen LogP contribution in [0.2, 0.25) is 0 Å². The number of nitrogens with one attached hydrogen (secondary N) is 2. The van der Waals surface area contributed by atoms with Crippen molar-refractivity contribution in [3.63, 3.8) is 0 Å². The molecule has 0 aliphatic carbocycles. The number of aromatic nitrogens is 1. The van der Waals surface area contributed by atoms with E-state index >= 15 is 0 Å². The van der Waals surface area contributed by atoms with Crippen LogP contribution in [0.5, 0.6) is 0 Å². The average molecular weight is 320 g/mol. The van der Waals surface area contributed by atoms with E-state index in [2.05, 4.69) is 10.3 Å². The fraction of sp³-hybridized carbons (Fsp3) is 0.118. The van der Waals surface area contributed by atoms with Gasteiger partial charge in [-0.1, -0.05) is 6.07 Å². The Bertz CT molecular complexity index is 815. The summed E-state index contributed by atoms with van der Waals surface area (Å²) in [7, 11) is 0. The number of H-pyrrole nitrogens is 1. The van der Waals surface area contributed by atoms with Crippen molar-refractivity contribution in [2.24, 2.45) is 0 Å². The molecular formula is C17H15F3N2O. The molecule has 120 valence electrons. The standard InChI is InChI=1S/C9H8FN.C8H7F2NO/c1-6-4-7-5-8(10)2-3-9(7)11-6;9-7-2-1-6(3-8(7)10)4-11-5-12/h2-5,11H,1H3;1-3,5H,4H2,(H,11,12). The Morgan fingerprint density at radius 2 is 1.83 bits per heavy atom. The zero-order valence-electron chi connectivity index (χ0n) is 12.4. The van der Waals surface area contributed by atoms with Gasteiger partial charge in [-0.15, -0.1) is 0 Å². The van der Waals surface area contributed by atoms with Crippen molar-refractivity contribution < 1.29 is 18.0 Å². The predicted octanol–water partition coefficient (Wildman–Crippen LogP) is 3.83. The van der Waals surface area contributed by atoms with Crippen LogP contribution in [0, 0.1) is 24.4 Å². The topological polar surface area (TPSA) is 44.9 Å². The first-order chi connectivity index (χ1) is 11.0. The number of carbonyl (C=O) groups excluding carboxylic acids is 1. The highest BCUT2D eigenvalue weighted by Crippen LogP contribution is 2.15. The summed E-state index contributed by atoms with van der Waals surface area (Å²) in [5.74, 6) is -1.97. The molecule has 3 aromatic rings. The third kappa shape index (κ3) is 4.60. The van der Waals surface area contributed by atoms with Gasteiger partial charge in [0.05, 0.1) is 0 Å². The maximum atomic E-state index is 12.6. The summed E-state index contributed by atoms with van der Waals surface area (Å²) in [6.07, 6.45) is 0.501. The van der Waals surface area contributed by atoms with Crippen molar-refractivity contribution in [3.05, 3.63) is 71.2 Å². The summed E-state index contributed by atoms with van der Waals surface area (Å²) < 4.78 is 37.5. The number of benzene rings is 2. The molecule has 0 bridgehead atoms. The van der Waals surface area contributed by atoms with Gasteiger partial charge in [0.15, 0.2) is 11.6 Å². The zero-order chi connectivity index (χ0) is 16.8. The van der Waals surface area contributed by atoms with Crippen molar-refractivity contribution in [2.45, 2.75) is 13.5 Å². The minimum absolute atomic E-state index is 0.184. The molecule has 2 N–H and O–H groups in total. The number of halogens is 3. The van der Waals surface area contributed by atoms with E-state index in [0.29, 0.717) is 12.0 Å². The lowest BCUT2D eigenvalue weighted by molar-refractivity contribution is -0.109. The summed E-state index contributed by atoms with van der Waals surface area (Å²) in [5, 5.41) is 3.27. The second kappa shape index (κ2) is 7.49. The molecule has 6 heteroatoms. The summed E-state index contributed by atoms with van der Waals surface area (Å²) in [6.45, 7) is 2.17. The summed E-state index contributed by atoms with van der Waals surface area (Å²) >= 11 is 0. The Kier molecular flexibility index (Phi) is 5.41. The van der Waals surface area contributed by atoms with E-state index in [1.165, 1.54) is 18.2 Å². The monoisotopic (exact) mass is 320 g/mol. The molecule has 0 fully saturated rings. The predicted molar refractivity (Wildman–Crippen MR) is 82.3 cm³/mol. The number of hydrogen-bond acceptors (Lipinski definition) is 1. The highest BCUT2D eigenvalue weighted by Gasteiger charge is 2.01. The van der Waals surface area contributed by atoms with Crippen LogP contribution in [0.3, 0.4) is 0 Å². The lowest BCUT2D eigenvalue weighted by Gasteiger charge is -1.99. The molecule has 1 aromatic heterocycles. The molecule has 23 heavy (non-hydrogen) atoms. The average Bonchev–Trinajstić information content (AvgIpc) is 2.88. The van der Waals surface area contributed by atoms with Crippen LogP contribution in [-0.4, -0.2) is 11.4 Å². The van der Waals surface area contributed by atoms with Crippen molar-refractivity contribution in [3.8, 4) is 0 Å². The van der Waals surface area contributed by atoms with E-state index in [9.17, 15) is 18.0 Å². The third-order valence-electron chi connectivity index (χ3n) is 3.09. The fourth-order valence-corrected chi connectivity index (χ4v) is 2.06. The van der Waals surface area contributed by atoms with Crippen molar-refractivity contribution in [2.75, 3.05) is 0 Å². The molecule has 3 nitrogen and oxygen atoms in total. The van der Waals surface area contributed by atoms with Gasteiger partial charge in [0.25, 0.3) is 0 Å². The van der Waals surface area contributed by atoms with Crippen molar-refractivity contribution in [1.29, 1.82) is 0 Å². The molecule has 0 aliphatic rings. The number of aryl methyl sites for hydroxylation is 1. The lowest BCUT2D eigenvalue weighted by atomic mass is 10.2. The lowest BCUT2D eigenvalue weighted by Crippen LogP contribution is -2.09. The largest absolute Gasteiger partial charge is 0.359 e. The molecule has 2 aromatic carbocycles. The van der Waals surface area contributed by atoms with Gasteiger partial charge in [-0.2, -0.15) is 0 Å². The van der Waals surface area contributed by atoms with Crippen LogP contribution in [0.15, 0.2) is 42.5 Å². The molecule has 0 atom stereocenters. The van der Waals surface area contributed by atoms with E-state index < -0.39 is 11.6 Å². The number of carbonyl (C=O) groups is 1. The highest BCUT2D eigenvalue weighted by atomic mass is 19.2. The molecule has 0 radical (unpaired) electrons. The molecule has 0 unspecified atom stereocenters. The first-order valence-electron chi connectivity index (χ1n) is 6.85. The Morgan fingerprint density at radius 1 is 1.04 bits per heavy atom. The van der Waals surface area contributed by atoms with Crippen molar-refractivity contribution >= 4 is 17.3 Å². The van der Waals surface area contributed by atoms with Gasteiger partial charge in [-0.05, 0) is 48.9 Å². The highest BCUT2D eigenvalue weighted by molar-refractivity contribution is 5.80. The third-order valence-corrected chi connectivity index (χ3v) is 3.09. The van der Waals surface area contributed by atoms with E-state index in [1.807, 2.05) is 13.0 Å². The molecule has 0 saturated heterocycles. The SMILES string of the molecule is Cc1cc2cc(F)ccc2[nH]1.O=CNCc1ccc(F)c(F)c1. The Labute approximate surface area is 131 Å². The maximum absolute atomic E-state index is 12.6. The molecule has 0 spiro atoms. The van der Waals surface area contributed by atoms with Gasteiger partial charge < -0.3 is 10.3 Å². The molecule has 0 saturated carbocycles. The van der Waals surface area contributed by atoms with Gasteiger partial charge >= 0.3 is 0 Å². The van der Waals surface area contributed by atoms with E-state index in [1.54, 1.807) is 6.07 Å². The summed E-state index contributed by atoms with van der Waals surface area (Å²) in [6, 6.07) is 10.1. The first kappa shape index (κ1) is 16.6. The summed E-state index contributed by atoms with van der Waals surface area (Å²) in [5.41, 5.74) is 2.58. The molecule has 1 amide bonds. The Balaban J connectivity index is 0.000000167. The van der Waals surface area contributed by atoms with Crippen LogP contribution in [0.4, 0.5) is 13.2 Å². The van der Waals surface area contributed by atoms with Gasteiger partial charge in [0, 0.05) is 23.1 Å². The smallest absolute Gasteiger partial charge is 0.207 e. The van der Waals surface area contributed by atoms with E-state index in [4.69, 9.17) is 0 Å². The molecule has 3 rings (SSSR count). The van der Waals surface area contributed by atoms with Crippen LogP contribution in [0.1, 0.15) is 11.3 Å². The zero-order valence-corrected chi connectivity index (χ0v) is 12.4. The Hall–Kier alpha value is -2.76. The van der Waals surface area contributed by atoms with Crippen LogP contribution in [-0.2, 0) is 11.3 Å². The van der Waals surface area contributed by atoms with Gasteiger partial charge in [0.1, 0.15) is 5.82 Å².